The lowest BCUT2D eigenvalue weighted by molar-refractivity contribution is -0.146. The number of carbonyl (C=O) groups excluding carboxylic acids is 1. The maximum absolute atomic E-state index is 13.6. The Morgan fingerprint density at radius 1 is 1.28 bits per heavy atom. The van der Waals surface area contributed by atoms with Gasteiger partial charge in [0, 0.05) is 11.1 Å². The van der Waals surface area contributed by atoms with Crippen LogP contribution in [0, 0.1) is 0 Å². The third-order valence-corrected chi connectivity index (χ3v) is 6.24. The first-order valence-electron chi connectivity index (χ1n) is 11.1. The summed E-state index contributed by atoms with van der Waals surface area (Å²) in [6.07, 6.45) is 2.88. The van der Waals surface area contributed by atoms with E-state index in [4.69, 9.17) is 9.47 Å². The van der Waals surface area contributed by atoms with Gasteiger partial charge in [-0.05, 0) is 52.2 Å². The Morgan fingerprint density at radius 3 is 2.44 bits per heavy atom. The van der Waals surface area contributed by atoms with Crippen LogP contribution in [0.25, 0.3) is 11.3 Å². The van der Waals surface area contributed by atoms with E-state index >= 15 is 0 Å². The van der Waals surface area contributed by atoms with Crippen LogP contribution in [-0.4, -0.2) is 47.5 Å². The van der Waals surface area contributed by atoms with Crippen molar-refractivity contribution >= 4 is 5.91 Å². The zero-order valence-corrected chi connectivity index (χ0v) is 19.0. The number of halogens is 1. The first-order chi connectivity index (χ1) is 15.1. The topological polar surface area (TPSA) is 80.7 Å². The van der Waals surface area contributed by atoms with Crippen LogP contribution in [0.5, 0.6) is 5.75 Å². The summed E-state index contributed by atoms with van der Waals surface area (Å²) in [6.45, 7) is 7.04. The summed E-state index contributed by atoms with van der Waals surface area (Å²) in [5.41, 5.74) is 1.04. The SMILES string of the molecule is CC(NC(=O)C1(c2ccc(-c3ncc(OC4CC4)cc3C(C)(C)O)cc2)COC1)[C@H](C)F. The van der Waals surface area contributed by atoms with Crippen LogP contribution in [-0.2, 0) is 20.5 Å². The Labute approximate surface area is 188 Å². The van der Waals surface area contributed by atoms with Crippen molar-refractivity contribution < 1.29 is 23.8 Å². The monoisotopic (exact) mass is 442 g/mol. The summed E-state index contributed by atoms with van der Waals surface area (Å²) >= 11 is 0. The zero-order chi connectivity index (χ0) is 23.1. The van der Waals surface area contributed by atoms with E-state index in [0.717, 1.165) is 24.0 Å². The normalized spacial score (nSPS) is 19.6. The minimum Gasteiger partial charge on any atom is -0.489 e. The smallest absolute Gasteiger partial charge is 0.235 e. The molecule has 2 fully saturated rings. The number of nitrogens with one attached hydrogen (secondary N) is 1. The molecule has 0 bridgehead atoms. The molecule has 1 unspecified atom stereocenters. The Morgan fingerprint density at radius 2 is 1.94 bits per heavy atom. The second kappa shape index (κ2) is 8.45. The summed E-state index contributed by atoms with van der Waals surface area (Å²) in [4.78, 5) is 17.5. The van der Waals surface area contributed by atoms with Crippen LogP contribution in [0.4, 0.5) is 4.39 Å². The van der Waals surface area contributed by atoms with Crippen LogP contribution < -0.4 is 10.1 Å². The molecule has 0 radical (unpaired) electrons. The van der Waals surface area contributed by atoms with Gasteiger partial charge in [-0.1, -0.05) is 24.3 Å². The van der Waals surface area contributed by atoms with Gasteiger partial charge in [-0.25, -0.2) is 4.39 Å². The van der Waals surface area contributed by atoms with Crippen molar-refractivity contribution in [3.63, 3.8) is 0 Å². The van der Waals surface area contributed by atoms with Crippen molar-refractivity contribution in [2.24, 2.45) is 0 Å². The summed E-state index contributed by atoms with van der Waals surface area (Å²) in [6, 6.07) is 8.82. The van der Waals surface area contributed by atoms with Gasteiger partial charge < -0.3 is 19.9 Å². The van der Waals surface area contributed by atoms with Gasteiger partial charge >= 0.3 is 0 Å². The number of aliphatic hydroxyl groups is 1. The molecule has 1 saturated carbocycles. The van der Waals surface area contributed by atoms with Crippen molar-refractivity contribution in [1.82, 2.24) is 10.3 Å². The number of ether oxygens (including phenoxy) is 2. The van der Waals surface area contributed by atoms with E-state index in [9.17, 15) is 14.3 Å². The summed E-state index contributed by atoms with van der Waals surface area (Å²) < 4.78 is 24.8. The average Bonchev–Trinajstić information content (AvgIpc) is 3.51. The number of nitrogens with zero attached hydrogens (tertiary/aromatic N) is 1. The van der Waals surface area contributed by atoms with Crippen molar-refractivity contribution in [2.75, 3.05) is 13.2 Å². The molecule has 2 N–H and O–H groups in total. The van der Waals surface area contributed by atoms with Crippen LogP contribution >= 0.6 is 0 Å². The molecule has 172 valence electrons. The first kappa shape index (κ1) is 22.7. The van der Waals surface area contributed by atoms with Gasteiger partial charge in [0.25, 0.3) is 0 Å². The lowest BCUT2D eigenvalue weighted by Gasteiger charge is -2.41. The minimum atomic E-state index is -1.14. The fraction of sp³-hybridized carbons (Fsp3) is 0.520. The van der Waals surface area contributed by atoms with Gasteiger partial charge in [-0.3, -0.25) is 9.78 Å². The second-order valence-electron chi connectivity index (χ2n) is 9.54. The largest absolute Gasteiger partial charge is 0.489 e. The maximum Gasteiger partial charge on any atom is 0.235 e. The highest BCUT2D eigenvalue weighted by Crippen LogP contribution is 2.37. The molecule has 0 spiro atoms. The molecule has 2 aromatic rings. The number of amides is 1. The summed E-state index contributed by atoms with van der Waals surface area (Å²) in [5, 5.41) is 13.5. The number of benzene rings is 1. The third-order valence-electron chi connectivity index (χ3n) is 6.24. The predicted molar refractivity (Wildman–Crippen MR) is 119 cm³/mol. The van der Waals surface area contributed by atoms with E-state index in [1.54, 1.807) is 27.0 Å². The van der Waals surface area contributed by atoms with E-state index < -0.39 is 23.2 Å². The number of pyridine rings is 1. The Kier molecular flexibility index (Phi) is 5.98. The van der Waals surface area contributed by atoms with Crippen LogP contribution in [0.15, 0.2) is 36.5 Å². The van der Waals surface area contributed by atoms with Crippen molar-refractivity contribution in [2.45, 2.75) is 69.9 Å². The van der Waals surface area contributed by atoms with Gasteiger partial charge in [0.15, 0.2) is 0 Å². The molecule has 7 heteroatoms. The number of aromatic nitrogens is 1. The van der Waals surface area contributed by atoms with E-state index in [1.165, 1.54) is 6.92 Å². The molecule has 1 aliphatic carbocycles. The fourth-order valence-corrected chi connectivity index (χ4v) is 3.73. The van der Waals surface area contributed by atoms with Gasteiger partial charge in [-0.2, -0.15) is 0 Å². The molecule has 1 saturated heterocycles. The molecule has 32 heavy (non-hydrogen) atoms. The van der Waals surface area contributed by atoms with E-state index in [1.807, 2.05) is 30.3 Å². The van der Waals surface area contributed by atoms with Crippen LogP contribution in [0.3, 0.4) is 0 Å². The first-order valence-corrected chi connectivity index (χ1v) is 11.1. The van der Waals surface area contributed by atoms with Crippen LogP contribution in [0.2, 0.25) is 0 Å². The number of hydrogen-bond acceptors (Lipinski definition) is 5. The Balaban J connectivity index is 1.61. The van der Waals surface area contributed by atoms with Crippen molar-refractivity contribution in [3.8, 4) is 17.0 Å². The number of rotatable bonds is 8. The summed E-state index contributed by atoms with van der Waals surface area (Å²) in [5.74, 6) is 0.425. The van der Waals surface area contributed by atoms with E-state index in [-0.39, 0.29) is 25.2 Å². The van der Waals surface area contributed by atoms with Crippen molar-refractivity contribution in [1.29, 1.82) is 0 Å². The van der Waals surface area contributed by atoms with Gasteiger partial charge in [0.05, 0.1) is 42.9 Å². The molecule has 1 amide bonds. The van der Waals surface area contributed by atoms with E-state index in [0.29, 0.717) is 17.0 Å². The number of hydrogen-bond donors (Lipinski definition) is 2. The molecular formula is C25H31FN2O4. The van der Waals surface area contributed by atoms with Gasteiger partial charge in [-0.15, -0.1) is 0 Å². The fourth-order valence-electron chi connectivity index (χ4n) is 3.73. The quantitative estimate of drug-likeness (QED) is 0.652. The second-order valence-corrected chi connectivity index (χ2v) is 9.54. The Hall–Kier alpha value is -2.51. The van der Waals surface area contributed by atoms with E-state index in [2.05, 4.69) is 10.3 Å². The lowest BCUT2D eigenvalue weighted by Crippen LogP contribution is -2.59. The highest BCUT2D eigenvalue weighted by atomic mass is 19.1. The van der Waals surface area contributed by atoms with Gasteiger partial charge in [0.1, 0.15) is 17.3 Å². The molecule has 6 nitrogen and oxygen atoms in total. The zero-order valence-electron chi connectivity index (χ0n) is 19.0. The number of carbonyl (C=O) groups is 1. The maximum atomic E-state index is 13.6. The summed E-state index contributed by atoms with van der Waals surface area (Å²) in [7, 11) is 0. The average molecular weight is 443 g/mol. The molecule has 2 aliphatic rings. The predicted octanol–water partition coefficient (Wildman–Crippen LogP) is 3.65. The van der Waals surface area contributed by atoms with Crippen LogP contribution in [0.1, 0.15) is 51.7 Å². The molecule has 2 heterocycles. The van der Waals surface area contributed by atoms with Crippen molar-refractivity contribution in [3.05, 3.63) is 47.7 Å². The minimum absolute atomic E-state index is 0.231. The Bertz CT molecular complexity index is 976. The highest BCUT2D eigenvalue weighted by molar-refractivity contribution is 5.90. The standard InChI is InChI=1S/C25H31FN2O4/c1-15(26)16(2)28-23(29)25(13-31-14-25)18-7-5-17(6-8-18)22-21(24(3,4)30)11-20(12-27-22)32-19-9-10-19/h5-8,11-12,15-16,19,30H,9-10,13-14H2,1-4H3,(H,28,29)/t15-,16?/m0/s1. The number of alkyl halides is 1. The molecule has 2 atom stereocenters. The third kappa shape index (κ3) is 4.50. The molecule has 1 aliphatic heterocycles. The lowest BCUT2D eigenvalue weighted by atomic mass is 9.77. The molecule has 1 aromatic carbocycles. The molecule has 1 aromatic heterocycles. The van der Waals surface area contributed by atoms with Gasteiger partial charge in [0.2, 0.25) is 5.91 Å². The highest BCUT2D eigenvalue weighted by Gasteiger charge is 2.48. The molecule has 4 rings (SSSR count). The molecular weight excluding hydrogens is 411 g/mol.